The van der Waals surface area contributed by atoms with Gasteiger partial charge in [-0.05, 0) is 23.3 Å². The average Bonchev–Trinajstić information content (AvgIpc) is 2.81. The molecule has 1 fully saturated rings. The molecule has 2 aromatic carbocycles. The molecule has 3 rings (SSSR count). The van der Waals surface area contributed by atoms with Crippen molar-refractivity contribution in [3.63, 3.8) is 0 Å². The van der Waals surface area contributed by atoms with Crippen LogP contribution in [0.25, 0.3) is 6.08 Å². The lowest BCUT2D eigenvalue weighted by Crippen LogP contribution is -2.45. The van der Waals surface area contributed by atoms with E-state index < -0.39 is 11.9 Å². The Morgan fingerprint density at radius 1 is 0.875 bits per heavy atom. The van der Waals surface area contributed by atoms with E-state index in [0.717, 1.165) is 50.8 Å². The van der Waals surface area contributed by atoms with Gasteiger partial charge in [0.15, 0.2) is 11.5 Å². The van der Waals surface area contributed by atoms with Crippen molar-refractivity contribution in [3.8, 4) is 11.5 Å². The van der Waals surface area contributed by atoms with Gasteiger partial charge in [-0.25, -0.2) is 9.59 Å². The molecule has 1 heterocycles. The highest BCUT2D eigenvalue weighted by atomic mass is 16.5. The quantitative estimate of drug-likeness (QED) is 0.632. The predicted octanol–water partition coefficient (Wildman–Crippen LogP) is 2.69. The molecule has 0 unspecified atom stereocenters. The maximum atomic E-state index is 9.10. The number of rotatable bonds is 7. The van der Waals surface area contributed by atoms with Crippen LogP contribution in [0.15, 0.2) is 54.6 Å². The number of piperazine rings is 1. The maximum absolute atomic E-state index is 9.10. The molecule has 1 aliphatic heterocycles. The molecular formula is C24H30N2O6. The standard InChI is InChI=1S/C22H28N2O2.C2H2O4/c1-25-21-11-10-20(17-22(21)26-2)18-24-15-13-23(14-16-24)12-6-9-19-7-4-3-5-8-19;3-1(4)2(5)6/h3-11,17H,12-16,18H2,1-2H3;(H,3,4)(H,5,6). The van der Waals surface area contributed by atoms with E-state index in [1.165, 1.54) is 11.1 Å². The highest BCUT2D eigenvalue weighted by molar-refractivity contribution is 6.27. The van der Waals surface area contributed by atoms with Crippen molar-refractivity contribution in [3.05, 3.63) is 65.7 Å². The Balaban J connectivity index is 0.000000534. The van der Waals surface area contributed by atoms with Gasteiger partial charge in [0, 0.05) is 39.3 Å². The molecule has 172 valence electrons. The van der Waals surface area contributed by atoms with Crippen LogP contribution in [0.5, 0.6) is 11.5 Å². The van der Waals surface area contributed by atoms with Crippen LogP contribution in [0.2, 0.25) is 0 Å². The van der Waals surface area contributed by atoms with Gasteiger partial charge < -0.3 is 19.7 Å². The first-order chi connectivity index (χ1) is 15.4. The summed E-state index contributed by atoms with van der Waals surface area (Å²) < 4.78 is 10.7. The summed E-state index contributed by atoms with van der Waals surface area (Å²) in [7, 11) is 3.35. The average molecular weight is 443 g/mol. The van der Waals surface area contributed by atoms with Crippen LogP contribution < -0.4 is 9.47 Å². The summed E-state index contributed by atoms with van der Waals surface area (Å²) in [5, 5.41) is 14.8. The molecule has 1 saturated heterocycles. The summed E-state index contributed by atoms with van der Waals surface area (Å²) >= 11 is 0. The van der Waals surface area contributed by atoms with Crippen molar-refractivity contribution in [1.29, 1.82) is 0 Å². The van der Waals surface area contributed by atoms with Crippen molar-refractivity contribution < 1.29 is 29.3 Å². The van der Waals surface area contributed by atoms with Gasteiger partial charge in [-0.1, -0.05) is 48.6 Å². The van der Waals surface area contributed by atoms with Gasteiger partial charge in [-0.3, -0.25) is 9.80 Å². The SMILES string of the molecule is COc1ccc(CN2CCN(CC=Cc3ccccc3)CC2)cc1OC.O=C(O)C(=O)O. The van der Waals surface area contributed by atoms with Crippen LogP contribution >= 0.6 is 0 Å². The summed E-state index contributed by atoms with van der Waals surface area (Å²) in [6.07, 6.45) is 4.47. The number of carboxylic acids is 2. The topological polar surface area (TPSA) is 99.5 Å². The molecule has 32 heavy (non-hydrogen) atoms. The molecular weight excluding hydrogens is 412 g/mol. The van der Waals surface area contributed by atoms with E-state index in [-0.39, 0.29) is 0 Å². The second-order valence-electron chi connectivity index (χ2n) is 7.19. The number of carboxylic acid groups (broad SMARTS) is 2. The van der Waals surface area contributed by atoms with E-state index >= 15 is 0 Å². The van der Waals surface area contributed by atoms with E-state index in [9.17, 15) is 0 Å². The lowest BCUT2D eigenvalue weighted by atomic mass is 10.1. The molecule has 0 spiro atoms. The van der Waals surface area contributed by atoms with Gasteiger partial charge in [0.25, 0.3) is 0 Å². The summed E-state index contributed by atoms with van der Waals surface area (Å²) in [6.45, 7) is 6.35. The summed E-state index contributed by atoms with van der Waals surface area (Å²) in [6, 6.07) is 16.7. The number of hydrogen-bond donors (Lipinski definition) is 2. The van der Waals surface area contributed by atoms with Crippen LogP contribution in [0, 0.1) is 0 Å². The van der Waals surface area contributed by atoms with Gasteiger partial charge in [-0.15, -0.1) is 0 Å². The van der Waals surface area contributed by atoms with Gasteiger partial charge >= 0.3 is 11.9 Å². The van der Waals surface area contributed by atoms with Crippen molar-refractivity contribution >= 4 is 18.0 Å². The molecule has 0 bridgehead atoms. The lowest BCUT2D eigenvalue weighted by Gasteiger charge is -2.34. The molecule has 1 aliphatic rings. The fourth-order valence-electron chi connectivity index (χ4n) is 3.27. The highest BCUT2D eigenvalue weighted by Gasteiger charge is 2.16. The number of methoxy groups -OCH3 is 2. The van der Waals surface area contributed by atoms with E-state index in [0.29, 0.717) is 0 Å². The summed E-state index contributed by atoms with van der Waals surface area (Å²) in [5.74, 6) is -2.06. The number of benzene rings is 2. The third-order valence-electron chi connectivity index (χ3n) is 4.98. The molecule has 0 saturated carbocycles. The third kappa shape index (κ3) is 8.41. The number of ether oxygens (including phenoxy) is 2. The molecule has 0 aliphatic carbocycles. The maximum Gasteiger partial charge on any atom is 0.414 e. The molecule has 2 aromatic rings. The first-order valence-electron chi connectivity index (χ1n) is 10.3. The Kier molecular flexibility index (Phi) is 10.2. The van der Waals surface area contributed by atoms with E-state index in [1.807, 2.05) is 6.07 Å². The zero-order chi connectivity index (χ0) is 23.3. The number of hydrogen-bond acceptors (Lipinski definition) is 6. The highest BCUT2D eigenvalue weighted by Crippen LogP contribution is 2.28. The smallest absolute Gasteiger partial charge is 0.414 e. The fraction of sp³-hybridized carbons (Fsp3) is 0.333. The molecule has 0 radical (unpaired) electrons. The number of carbonyl (C=O) groups is 2. The second kappa shape index (κ2) is 13.1. The Hall–Kier alpha value is -3.36. The normalized spacial score (nSPS) is 14.4. The van der Waals surface area contributed by atoms with Crippen LogP contribution in [0.1, 0.15) is 11.1 Å². The van der Waals surface area contributed by atoms with Gasteiger partial charge in [0.1, 0.15) is 0 Å². The molecule has 0 atom stereocenters. The van der Waals surface area contributed by atoms with Gasteiger partial charge in [0.2, 0.25) is 0 Å². The van der Waals surface area contributed by atoms with Crippen LogP contribution in [0.4, 0.5) is 0 Å². The zero-order valence-electron chi connectivity index (χ0n) is 18.4. The van der Waals surface area contributed by atoms with Gasteiger partial charge in [0.05, 0.1) is 14.2 Å². The van der Waals surface area contributed by atoms with Crippen LogP contribution in [0.3, 0.4) is 0 Å². The van der Waals surface area contributed by atoms with Crippen molar-refractivity contribution in [2.75, 3.05) is 46.9 Å². The monoisotopic (exact) mass is 442 g/mol. The van der Waals surface area contributed by atoms with E-state index in [4.69, 9.17) is 29.3 Å². The first kappa shape index (κ1) is 24.9. The number of aliphatic carboxylic acids is 2. The van der Waals surface area contributed by atoms with Crippen molar-refractivity contribution in [2.45, 2.75) is 6.54 Å². The Bertz CT molecular complexity index is 881. The second-order valence-corrected chi connectivity index (χ2v) is 7.19. The first-order valence-corrected chi connectivity index (χ1v) is 10.3. The third-order valence-corrected chi connectivity index (χ3v) is 4.98. The van der Waals surface area contributed by atoms with Crippen LogP contribution in [-0.4, -0.2) is 78.9 Å². The van der Waals surface area contributed by atoms with Crippen molar-refractivity contribution in [2.24, 2.45) is 0 Å². The summed E-state index contributed by atoms with van der Waals surface area (Å²) in [4.78, 5) is 23.2. The fourth-order valence-corrected chi connectivity index (χ4v) is 3.27. The molecule has 2 N–H and O–H groups in total. The molecule has 8 heteroatoms. The summed E-state index contributed by atoms with van der Waals surface area (Å²) in [5.41, 5.74) is 2.53. The van der Waals surface area contributed by atoms with Crippen LogP contribution in [-0.2, 0) is 16.1 Å². The minimum atomic E-state index is -1.82. The molecule has 0 aromatic heterocycles. The Morgan fingerprint density at radius 2 is 1.47 bits per heavy atom. The van der Waals surface area contributed by atoms with Crippen molar-refractivity contribution in [1.82, 2.24) is 9.80 Å². The molecule has 8 nitrogen and oxygen atoms in total. The number of nitrogens with zero attached hydrogens (tertiary/aromatic N) is 2. The minimum Gasteiger partial charge on any atom is -0.493 e. The molecule has 0 amide bonds. The van der Waals surface area contributed by atoms with E-state index in [2.05, 4.69) is 64.4 Å². The largest absolute Gasteiger partial charge is 0.493 e. The lowest BCUT2D eigenvalue weighted by molar-refractivity contribution is -0.159. The predicted molar refractivity (Wildman–Crippen MR) is 122 cm³/mol. The Labute approximate surface area is 188 Å². The minimum absolute atomic E-state index is 0.784. The van der Waals surface area contributed by atoms with Gasteiger partial charge in [-0.2, -0.15) is 0 Å². The zero-order valence-corrected chi connectivity index (χ0v) is 18.4. The van der Waals surface area contributed by atoms with E-state index in [1.54, 1.807) is 14.2 Å². The Morgan fingerprint density at radius 3 is 2.03 bits per heavy atom.